The third-order valence-electron chi connectivity index (χ3n) is 1.11. The second kappa shape index (κ2) is 2.63. The first-order valence-corrected chi connectivity index (χ1v) is 4.70. The van der Waals surface area contributed by atoms with Crippen molar-refractivity contribution in [2.75, 3.05) is 0 Å². The zero-order valence-electron chi connectivity index (χ0n) is 6.03. The molecule has 1 rings (SSSR count). The van der Waals surface area contributed by atoms with Gasteiger partial charge in [-0.15, -0.1) is 0 Å². The van der Waals surface area contributed by atoms with Gasteiger partial charge in [-0.05, 0) is 13.0 Å². The Morgan fingerprint density at radius 3 is 2.73 bits per heavy atom. The molecule has 0 radical (unpaired) electrons. The van der Waals surface area contributed by atoms with Crippen molar-refractivity contribution in [2.24, 2.45) is 5.14 Å². The summed E-state index contributed by atoms with van der Waals surface area (Å²) in [6.45, 7) is 1.79. The van der Waals surface area contributed by atoms with Gasteiger partial charge in [0, 0.05) is 5.69 Å². The zero-order chi connectivity index (χ0) is 8.48. The molecule has 11 heavy (non-hydrogen) atoms. The lowest BCUT2D eigenvalue weighted by atomic mass is 10.4. The van der Waals surface area contributed by atoms with Crippen LogP contribution in [0.15, 0.2) is 6.07 Å². The predicted molar refractivity (Wildman–Crippen MR) is 40.1 cm³/mol. The highest BCUT2D eigenvalue weighted by Gasteiger charge is 2.06. The van der Waals surface area contributed by atoms with Gasteiger partial charge >= 0.3 is 0 Å². The molecular formula is C5H9N3O2S. The molecule has 0 aromatic carbocycles. The lowest BCUT2D eigenvalue weighted by molar-refractivity contribution is 0.596. The van der Waals surface area contributed by atoms with Crippen LogP contribution in [0.3, 0.4) is 0 Å². The maximum atomic E-state index is 10.5. The molecule has 0 bridgehead atoms. The van der Waals surface area contributed by atoms with Gasteiger partial charge in [-0.2, -0.15) is 5.10 Å². The molecule has 0 unspecified atom stereocenters. The molecule has 0 amide bonds. The van der Waals surface area contributed by atoms with E-state index in [-0.39, 0.29) is 5.75 Å². The molecule has 0 aliphatic carbocycles. The summed E-state index contributed by atoms with van der Waals surface area (Å²) in [4.78, 5) is 0. The summed E-state index contributed by atoms with van der Waals surface area (Å²) >= 11 is 0. The number of rotatable bonds is 2. The van der Waals surface area contributed by atoms with E-state index in [4.69, 9.17) is 5.14 Å². The summed E-state index contributed by atoms with van der Waals surface area (Å²) in [5, 5.41) is 11.1. The van der Waals surface area contributed by atoms with Crippen molar-refractivity contribution in [3.05, 3.63) is 17.5 Å². The highest BCUT2D eigenvalue weighted by molar-refractivity contribution is 7.88. The average Bonchev–Trinajstić information content (AvgIpc) is 2.10. The van der Waals surface area contributed by atoms with E-state index >= 15 is 0 Å². The number of hydrogen-bond acceptors (Lipinski definition) is 3. The molecule has 5 nitrogen and oxygen atoms in total. The van der Waals surface area contributed by atoms with Gasteiger partial charge < -0.3 is 0 Å². The summed E-state index contributed by atoms with van der Waals surface area (Å²) < 4.78 is 21.1. The largest absolute Gasteiger partial charge is 0.283 e. The molecule has 6 heteroatoms. The van der Waals surface area contributed by atoms with Crippen molar-refractivity contribution in [3.8, 4) is 0 Å². The molecule has 1 aromatic rings. The molecule has 62 valence electrons. The number of aromatic nitrogens is 2. The minimum atomic E-state index is -3.45. The summed E-state index contributed by atoms with van der Waals surface area (Å²) in [6.07, 6.45) is 0. The monoisotopic (exact) mass is 175 g/mol. The average molecular weight is 175 g/mol. The molecule has 0 saturated carbocycles. The van der Waals surface area contributed by atoms with Crippen LogP contribution in [0.5, 0.6) is 0 Å². The zero-order valence-corrected chi connectivity index (χ0v) is 6.85. The Kier molecular flexibility index (Phi) is 1.97. The number of H-pyrrole nitrogens is 1. The second-order valence-electron chi connectivity index (χ2n) is 2.35. The highest BCUT2D eigenvalue weighted by Crippen LogP contribution is 2.00. The van der Waals surface area contributed by atoms with Gasteiger partial charge in [-0.25, -0.2) is 13.6 Å². The molecule has 1 aromatic heterocycles. The van der Waals surface area contributed by atoms with Crippen LogP contribution in [0.1, 0.15) is 11.4 Å². The van der Waals surface area contributed by atoms with Crippen LogP contribution >= 0.6 is 0 Å². The SMILES string of the molecule is Cc1cc(CS(N)(=O)=O)n[nH]1. The number of nitrogens with zero attached hydrogens (tertiary/aromatic N) is 1. The molecule has 0 fully saturated rings. The van der Waals surface area contributed by atoms with Crippen LogP contribution < -0.4 is 5.14 Å². The van der Waals surface area contributed by atoms with E-state index in [1.165, 1.54) is 0 Å². The quantitative estimate of drug-likeness (QED) is 0.635. The van der Waals surface area contributed by atoms with Crippen molar-refractivity contribution in [1.82, 2.24) is 10.2 Å². The molecule has 0 aliphatic rings. The third-order valence-corrected chi connectivity index (χ3v) is 1.81. The molecule has 0 spiro atoms. The van der Waals surface area contributed by atoms with Gasteiger partial charge in [-0.1, -0.05) is 0 Å². The Bertz CT molecular complexity index is 340. The van der Waals surface area contributed by atoms with Crippen molar-refractivity contribution >= 4 is 10.0 Å². The van der Waals surface area contributed by atoms with Crippen molar-refractivity contribution in [1.29, 1.82) is 0 Å². The number of hydrogen-bond donors (Lipinski definition) is 2. The van der Waals surface area contributed by atoms with E-state index in [1.54, 1.807) is 13.0 Å². The predicted octanol–water partition coefficient (Wildman–Crippen LogP) is -0.493. The Balaban J connectivity index is 2.81. The first-order chi connectivity index (χ1) is 4.97. The number of sulfonamides is 1. The van der Waals surface area contributed by atoms with Gasteiger partial charge in [0.25, 0.3) is 0 Å². The number of aromatic amines is 1. The Morgan fingerprint density at radius 1 is 1.73 bits per heavy atom. The van der Waals surface area contributed by atoms with Gasteiger partial charge in [0.05, 0.1) is 5.69 Å². The molecule has 0 aliphatic heterocycles. The maximum absolute atomic E-state index is 10.5. The minimum absolute atomic E-state index is 0.211. The first kappa shape index (κ1) is 8.22. The fourth-order valence-corrected chi connectivity index (χ4v) is 1.31. The van der Waals surface area contributed by atoms with Crippen molar-refractivity contribution in [3.63, 3.8) is 0 Å². The van der Waals surface area contributed by atoms with Crippen LogP contribution in [0, 0.1) is 6.92 Å². The van der Waals surface area contributed by atoms with Crippen molar-refractivity contribution < 1.29 is 8.42 Å². The van der Waals surface area contributed by atoms with E-state index < -0.39 is 10.0 Å². The third kappa shape index (κ3) is 2.69. The van der Waals surface area contributed by atoms with E-state index in [1.807, 2.05) is 0 Å². The number of nitrogens with one attached hydrogen (secondary N) is 1. The van der Waals surface area contributed by atoms with Gasteiger partial charge in [0.1, 0.15) is 5.75 Å². The Labute approximate surface area is 64.7 Å². The summed E-state index contributed by atoms with van der Waals surface area (Å²) in [6, 6.07) is 1.64. The topological polar surface area (TPSA) is 88.8 Å². The summed E-state index contributed by atoms with van der Waals surface area (Å²) in [5.41, 5.74) is 1.27. The fraction of sp³-hybridized carbons (Fsp3) is 0.400. The van der Waals surface area contributed by atoms with Crippen LogP contribution in [-0.2, 0) is 15.8 Å². The number of aryl methyl sites for hydroxylation is 1. The van der Waals surface area contributed by atoms with Crippen LogP contribution in [-0.4, -0.2) is 18.6 Å². The van der Waals surface area contributed by atoms with E-state index in [0.717, 1.165) is 5.69 Å². The van der Waals surface area contributed by atoms with Crippen LogP contribution in [0.25, 0.3) is 0 Å². The molecule has 0 atom stereocenters. The smallest absolute Gasteiger partial charge is 0.214 e. The van der Waals surface area contributed by atoms with Gasteiger partial charge in [0.2, 0.25) is 10.0 Å². The lowest BCUT2D eigenvalue weighted by Gasteiger charge is -1.90. The molecule has 1 heterocycles. The first-order valence-electron chi connectivity index (χ1n) is 2.99. The van der Waals surface area contributed by atoms with E-state index in [0.29, 0.717) is 5.69 Å². The minimum Gasteiger partial charge on any atom is -0.283 e. The van der Waals surface area contributed by atoms with E-state index in [2.05, 4.69) is 10.2 Å². The maximum Gasteiger partial charge on any atom is 0.214 e. The van der Waals surface area contributed by atoms with E-state index in [9.17, 15) is 8.42 Å². The van der Waals surface area contributed by atoms with Gasteiger partial charge in [0.15, 0.2) is 0 Å². The Hall–Kier alpha value is -0.880. The highest BCUT2D eigenvalue weighted by atomic mass is 32.2. The summed E-state index contributed by atoms with van der Waals surface area (Å²) in [7, 11) is -3.45. The standard InChI is InChI=1S/C5H9N3O2S/c1-4-2-5(8-7-4)3-11(6,9)10/h2H,3H2,1H3,(H,7,8)(H2,6,9,10). The molecule has 0 saturated heterocycles. The second-order valence-corrected chi connectivity index (χ2v) is 3.96. The van der Waals surface area contributed by atoms with Crippen LogP contribution in [0.4, 0.5) is 0 Å². The van der Waals surface area contributed by atoms with Crippen molar-refractivity contribution in [2.45, 2.75) is 12.7 Å². The Morgan fingerprint density at radius 2 is 2.36 bits per heavy atom. The number of nitrogens with two attached hydrogens (primary N) is 1. The normalized spacial score (nSPS) is 11.8. The van der Waals surface area contributed by atoms with Crippen LogP contribution in [0.2, 0.25) is 0 Å². The molecule has 3 N–H and O–H groups in total. The molecular weight excluding hydrogens is 166 g/mol. The summed E-state index contributed by atoms with van der Waals surface area (Å²) in [5.74, 6) is -0.211. The van der Waals surface area contributed by atoms with Gasteiger partial charge in [-0.3, -0.25) is 5.10 Å². The number of primary sulfonamides is 1. The lowest BCUT2D eigenvalue weighted by Crippen LogP contribution is -2.14. The fourth-order valence-electron chi connectivity index (χ4n) is 0.755.